The van der Waals surface area contributed by atoms with Crippen LogP contribution in [0.3, 0.4) is 0 Å². The van der Waals surface area contributed by atoms with E-state index in [4.69, 9.17) is 4.74 Å². The fourth-order valence-corrected chi connectivity index (χ4v) is 4.12. The summed E-state index contributed by atoms with van der Waals surface area (Å²) in [7, 11) is 0. The Morgan fingerprint density at radius 2 is 2.24 bits per heavy atom. The third-order valence-corrected chi connectivity index (χ3v) is 5.46. The number of aliphatic hydroxyl groups excluding tert-OH is 1. The van der Waals surface area contributed by atoms with Crippen LogP contribution in [0.2, 0.25) is 0 Å². The zero-order chi connectivity index (χ0) is 17.6. The number of fused-ring (bicyclic) bond motifs is 1. The molecule has 3 rings (SSSR count). The summed E-state index contributed by atoms with van der Waals surface area (Å²) >= 11 is 0. The molecule has 1 saturated heterocycles. The number of hydrogen-bond donors (Lipinski definition) is 2. The number of nitrogens with one attached hydrogen (secondary N) is 1. The lowest BCUT2D eigenvalue weighted by Crippen LogP contribution is -2.50. The van der Waals surface area contributed by atoms with Crippen molar-refractivity contribution in [3.05, 3.63) is 35.4 Å². The first-order chi connectivity index (χ1) is 12.2. The third kappa shape index (κ3) is 4.15. The van der Waals surface area contributed by atoms with Crippen molar-refractivity contribution in [1.82, 2.24) is 10.2 Å². The van der Waals surface area contributed by atoms with Gasteiger partial charge >= 0.3 is 6.03 Å². The van der Waals surface area contributed by atoms with Gasteiger partial charge in [-0.05, 0) is 49.7 Å². The number of aliphatic hydroxyl groups is 1. The molecule has 0 aromatic heterocycles. The predicted octanol–water partition coefficient (Wildman–Crippen LogP) is 3.03. The molecule has 1 aromatic rings. The Balaban J connectivity index is 1.72. The number of carbonyl (C=O) groups is 1. The van der Waals surface area contributed by atoms with Crippen LogP contribution >= 0.6 is 0 Å². The standard InChI is InChI=1S/C20H30N2O3/c1-2-17(19-9-5-14-25-19)21-20(24)22(12-6-13-23)18-11-10-15-7-3-4-8-16(15)18/h3-4,7-8,17-19,23H,2,5-6,9-14H2,1H3,(H,21,24). The first-order valence-electron chi connectivity index (χ1n) is 9.62. The van der Waals surface area contributed by atoms with Gasteiger partial charge in [-0.15, -0.1) is 0 Å². The minimum absolute atomic E-state index is 0.0301. The maximum absolute atomic E-state index is 13.0. The van der Waals surface area contributed by atoms with Crippen LogP contribution in [0.15, 0.2) is 24.3 Å². The Kier molecular flexibility index (Phi) is 6.32. The van der Waals surface area contributed by atoms with Crippen molar-refractivity contribution in [2.24, 2.45) is 0 Å². The second kappa shape index (κ2) is 8.68. The number of rotatable bonds is 7. The van der Waals surface area contributed by atoms with Crippen LogP contribution in [0, 0.1) is 0 Å². The average molecular weight is 346 g/mol. The van der Waals surface area contributed by atoms with Crippen LogP contribution in [0.25, 0.3) is 0 Å². The highest BCUT2D eigenvalue weighted by Gasteiger charge is 2.33. The lowest BCUT2D eigenvalue weighted by molar-refractivity contribution is 0.0749. The number of urea groups is 1. The van der Waals surface area contributed by atoms with Crippen LogP contribution < -0.4 is 5.32 Å². The largest absolute Gasteiger partial charge is 0.396 e. The molecular formula is C20H30N2O3. The number of carbonyl (C=O) groups excluding carboxylic acids is 1. The van der Waals surface area contributed by atoms with E-state index in [1.165, 1.54) is 11.1 Å². The summed E-state index contributed by atoms with van der Waals surface area (Å²) in [6, 6.07) is 8.51. The molecule has 1 fully saturated rings. The number of hydrogen-bond acceptors (Lipinski definition) is 3. The molecule has 1 aliphatic carbocycles. The van der Waals surface area contributed by atoms with Gasteiger partial charge in [-0.1, -0.05) is 31.2 Å². The van der Waals surface area contributed by atoms with Gasteiger partial charge in [0.2, 0.25) is 0 Å². The molecule has 1 aliphatic heterocycles. The second-order valence-corrected chi connectivity index (χ2v) is 7.04. The third-order valence-electron chi connectivity index (χ3n) is 5.46. The van der Waals surface area contributed by atoms with E-state index >= 15 is 0 Å². The zero-order valence-electron chi connectivity index (χ0n) is 15.1. The fourth-order valence-electron chi connectivity index (χ4n) is 4.12. The molecule has 0 radical (unpaired) electrons. The minimum atomic E-state index is -0.0301. The highest BCUT2D eigenvalue weighted by atomic mass is 16.5. The van der Waals surface area contributed by atoms with Gasteiger partial charge in [-0.25, -0.2) is 4.79 Å². The van der Waals surface area contributed by atoms with Crippen molar-refractivity contribution < 1.29 is 14.6 Å². The SMILES string of the molecule is CCC(NC(=O)N(CCCO)C1CCc2ccccc21)C1CCCO1. The van der Waals surface area contributed by atoms with Crippen molar-refractivity contribution in [3.63, 3.8) is 0 Å². The van der Waals surface area contributed by atoms with E-state index in [1.54, 1.807) is 0 Å². The molecule has 1 aromatic carbocycles. The molecule has 0 bridgehead atoms. The molecule has 2 aliphatic rings. The van der Waals surface area contributed by atoms with Gasteiger partial charge in [-0.2, -0.15) is 0 Å². The Bertz CT molecular complexity index is 572. The van der Waals surface area contributed by atoms with Gasteiger partial charge in [0.15, 0.2) is 0 Å². The van der Waals surface area contributed by atoms with E-state index in [0.29, 0.717) is 13.0 Å². The van der Waals surface area contributed by atoms with Gasteiger partial charge in [0, 0.05) is 19.8 Å². The van der Waals surface area contributed by atoms with E-state index in [-0.39, 0.29) is 30.8 Å². The lowest BCUT2D eigenvalue weighted by atomic mass is 10.1. The van der Waals surface area contributed by atoms with E-state index in [0.717, 1.165) is 38.7 Å². The molecule has 0 saturated carbocycles. The topological polar surface area (TPSA) is 61.8 Å². The van der Waals surface area contributed by atoms with E-state index in [1.807, 2.05) is 11.0 Å². The van der Waals surface area contributed by atoms with Gasteiger partial charge < -0.3 is 20.1 Å². The molecular weight excluding hydrogens is 316 g/mol. The highest BCUT2D eigenvalue weighted by Crippen LogP contribution is 2.35. The lowest BCUT2D eigenvalue weighted by Gasteiger charge is -2.33. The Labute approximate surface area is 150 Å². The molecule has 5 heteroatoms. The molecule has 2 N–H and O–H groups in total. The first-order valence-corrected chi connectivity index (χ1v) is 9.62. The Hall–Kier alpha value is -1.59. The van der Waals surface area contributed by atoms with Crippen molar-refractivity contribution >= 4 is 6.03 Å². The molecule has 0 spiro atoms. The Morgan fingerprint density at radius 1 is 1.40 bits per heavy atom. The summed E-state index contributed by atoms with van der Waals surface area (Å²) in [5.41, 5.74) is 2.58. The van der Waals surface area contributed by atoms with Gasteiger partial charge in [-0.3, -0.25) is 0 Å². The number of benzene rings is 1. The zero-order valence-corrected chi connectivity index (χ0v) is 15.1. The summed E-state index contributed by atoms with van der Waals surface area (Å²) in [5.74, 6) is 0. The number of aryl methyl sites for hydroxylation is 1. The van der Waals surface area contributed by atoms with Crippen LogP contribution in [0.5, 0.6) is 0 Å². The maximum Gasteiger partial charge on any atom is 0.318 e. The average Bonchev–Trinajstić information content (AvgIpc) is 3.30. The number of ether oxygens (including phenoxy) is 1. The molecule has 25 heavy (non-hydrogen) atoms. The highest BCUT2D eigenvalue weighted by molar-refractivity contribution is 5.75. The normalized spacial score (nSPS) is 23.3. The molecule has 3 unspecified atom stereocenters. The molecule has 1 heterocycles. The van der Waals surface area contributed by atoms with Crippen LogP contribution in [0.4, 0.5) is 4.79 Å². The van der Waals surface area contributed by atoms with Crippen molar-refractivity contribution in [3.8, 4) is 0 Å². The number of nitrogens with zero attached hydrogens (tertiary/aromatic N) is 1. The minimum Gasteiger partial charge on any atom is -0.396 e. The predicted molar refractivity (Wildman–Crippen MR) is 97.5 cm³/mol. The number of amides is 2. The summed E-state index contributed by atoms with van der Waals surface area (Å²) in [4.78, 5) is 15.0. The van der Waals surface area contributed by atoms with Crippen molar-refractivity contribution in [2.75, 3.05) is 19.8 Å². The summed E-state index contributed by atoms with van der Waals surface area (Å²) < 4.78 is 5.78. The van der Waals surface area contributed by atoms with Gasteiger partial charge in [0.1, 0.15) is 0 Å². The van der Waals surface area contributed by atoms with Crippen LogP contribution in [-0.4, -0.2) is 47.9 Å². The molecule has 138 valence electrons. The molecule has 2 amide bonds. The molecule has 3 atom stereocenters. The smallest absolute Gasteiger partial charge is 0.318 e. The summed E-state index contributed by atoms with van der Waals surface area (Å²) in [6.07, 6.45) is 5.64. The van der Waals surface area contributed by atoms with E-state index < -0.39 is 0 Å². The van der Waals surface area contributed by atoms with Crippen LogP contribution in [0.1, 0.15) is 56.2 Å². The van der Waals surface area contributed by atoms with Crippen molar-refractivity contribution in [1.29, 1.82) is 0 Å². The van der Waals surface area contributed by atoms with E-state index in [2.05, 4.69) is 30.4 Å². The summed E-state index contributed by atoms with van der Waals surface area (Å²) in [6.45, 7) is 3.56. The first kappa shape index (κ1) is 18.2. The maximum atomic E-state index is 13.0. The second-order valence-electron chi connectivity index (χ2n) is 7.04. The monoisotopic (exact) mass is 346 g/mol. The van der Waals surface area contributed by atoms with Crippen LogP contribution in [-0.2, 0) is 11.2 Å². The van der Waals surface area contributed by atoms with Crippen molar-refractivity contribution in [2.45, 2.75) is 63.6 Å². The molecule has 5 nitrogen and oxygen atoms in total. The summed E-state index contributed by atoms with van der Waals surface area (Å²) in [5, 5.41) is 12.5. The van der Waals surface area contributed by atoms with E-state index in [9.17, 15) is 9.90 Å². The quantitative estimate of drug-likeness (QED) is 0.798. The van der Waals surface area contributed by atoms with Gasteiger partial charge in [0.25, 0.3) is 0 Å². The fraction of sp³-hybridized carbons (Fsp3) is 0.650. The Morgan fingerprint density at radius 3 is 2.96 bits per heavy atom. The van der Waals surface area contributed by atoms with Gasteiger partial charge in [0.05, 0.1) is 18.2 Å².